The summed E-state index contributed by atoms with van der Waals surface area (Å²) in [6.07, 6.45) is -0.0159. The molecule has 0 radical (unpaired) electrons. The molecule has 2 N–H and O–H groups in total. The summed E-state index contributed by atoms with van der Waals surface area (Å²) in [7, 11) is 0. The van der Waals surface area contributed by atoms with Crippen molar-refractivity contribution in [1.82, 2.24) is 0 Å². The van der Waals surface area contributed by atoms with Crippen LogP contribution in [0.1, 0.15) is 47.3 Å². The second kappa shape index (κ2) is 9.06. The van der Waals surface area contributed by atoms with Crippen LogP contribution in [-0.2, 0) is 21.6 Å². The molecule has 0 aliphatic carbocycles. The van der Waals surface area contributed by atoms with Gasteiger partial charge in [0.2, 0.25) is 12.4 Å². The van der Waals surface area contributed by atoms with Crippen LogP contribution < -0.4 is 14.8 Å². The lowest BCUT2D eigenvalue weighted by Crippen LogP contribution is -2.46. The third-order valence-electron chi connectivity index (χ3n) is 6.33. The van der Waals surface area contributed by atoms with Crippen LogP contribution in [0, 0.1) is 11.8 Å². The largest absolute Gasteiger partial charge is 0.457 e. The number of carbonyl (C=O) groups excluding carboxylic acids is 2. The van der Waals surface area contributed by atoms with Crippen LogP contribution in [0.4, 0.5) is 5.69 Å². The van der Waals surface area contributed by atoms with Gasteiger partial charge in [-0.1, -0.05) is 56.0 Å². The predicted molar refractivity (Wildman–Crippen MR) is 133 cm³/mol. The zero-order valence-corrected chi connectivity index (χ0v) is 20.0. The van der Waals surface area contributed by atoms with Crippen molar-refractivity contribution in [1.29, 1.82) is 0 Å². The van der Waals surface area contributed by atoms with E-state index in [0.29, 0.717) is 33.9 Å². The number of carbonyl (C=O) groups is 2. The number of nitrogens with one attached hydrogen (secondary N) is 1. The molecule has 0 bridgehead atoms. The number of benzene rings is 3. The normalized spacial score (nSPS) is 15.2. The van der Waals surface area contributed by atoms with Gasteiger partial charge in [-0.2, -0.15) is 0 Å². The molecule has 7 heteroatoms. The highest BCUT2D eigenvalue weighted by Crippen LogP contribution is 2.44. The van der Waals surface area contributed by atoms with E-state index in [9.17, 15) is 14.7 Å². The molecule has 2 aliphatic heterocycles. The summed E-state index contributed by atoms with van der Waals surface area (Å²) in [5.41, 5.74) is 0.293. The highest BCUT2D eigenvalue weighted by Gasteiger charge is 2.42. The van der Waals surface area contributed by atoms with Gasteiger partial charge in [0.25, 0.3) is 5.91 Å². The summed E-state index contributed by atoms with van der Waals surface area (Å²) < 4.78 is 16.2. The fraction of sp³-hybridized carbons (Fsp3) is 0.241. The van der Waals surface area contributed by atoms with Gasteiger partial charge in [-0.15, -0.1) is 0 Å². The van der Waals surface area contributed by atoms with E-state index in [0.717, 1.165) is 5.56 Å². The summed E-state index contributed by atoms with van der Waals surface area (Å²) in [6, 6.07) is 19.6. The Hall–Kier alpha value is -4.28. The number of amides is 1. The van der Waals surface area contributed by atoms with Gasteiger partial charge >= 0.3 is 5.97 Å². The van der Waals surface area contributed by atoms with Gasteiger partial charge in [0.15, 0.2) is 11.5 Å². The molecule has 36 heavy (non-hydrogen) atoms. The van der Waals surface area contributed by atoms with Crippen molar-refractivity contribution >= 4 is 17.6 Å². The monoisotopic (exact) mass is 483 g/mol. The number of para-hydroxylation sites is 1. The number of ether oxygens (including phenoxy) is 3. The molecule has 7 nitrogen and oxygen atoms in total. The Morgan fingerprint density at radius 3 is 2.64 bits per heavy atom. The number of rotatable bonds is 5. The van der Waals surface area contributed by atoms with E-state index >= 15 is 0 Å². The van der Waals surface area contributed by atoms with E-state index in [1.807, 2.05) is 62.4 Å². The molecular formula is C29H25NO6. The molecule has 0 aromatic heterocycles. The van der Waals surface area contributed by atoms with Gasteiger partial charge in [-0.3, -0.25) is 4.79 Å². The smallest absolute Gasteiger partial charge is 0.338 e. The molecule has 0 spiro atoms. The van der Waals surface area contributed by atoms with E-state index in [1.54, 1.807) is 18.2 Å². The van der Waals surface area contributed by atoms with Gasteiger partial charge in [0, 0.05) is 28.8 Å². The molecule has 182 valence electrons. The Balaban J connectivity index is 1.48. The molecule has 2 aliphatic rings. The first kappa shape index (κ1) is 23.5. The standard InChI is InChI=1S/C29H25NO6/c1-28(2,23-9-6-10-24-25(23)36-18-35-24)17-29(33,14-13-19-7-4-3-5-8-19)27(32)30-21-11-12-22-20(15-21)16-34-26(22)31/h3-12,15,33H,16-18H2,1-2H3,(H,30,32). The van der Waals surface area contributed by atoms with Gasteiger partial charge in [-0.25, -0.2) is 4.79 Å². The van der Waals surface area contributed by atoms with Crippen molar-refractivity contribution in [3.05, 3.63) is 89.0 Å². The number of fused-ring (bicyclic) bond motifs is 2. The molecule has 0 saturated carbocycles. The highest BCUT2D eigenvalue weighted by atomic mass is 16.7. The van der Waals surface area contributed by atoms with Crippen LogP contribution in [0.2, 0.25) is 0 Å². The third-order valence-corrected chi connectivity index (χ3v) is 6.33. The van der Waals surface area contributed by atoms with Crippen molar-refractivity contribution in [3.8, 4) is 23.3 Å². The van der Waals surface area contributed by atoms with Crippen LogP contribution in [-0.4, -0.2) is 29.4 Å². The number of anilines is 1. The fourth-order valence-corrected chi connectivity index (χ4v) is 4.52. The zero-order valence-electron chi connectivity index (χ0n) is 20.0. The second-order valence-corrected chi connectivity index (χ2v) is 9.48. The first-order valence-electron chi connectivity index (χ1n) is 11.6. The summed E-state index contributed by atoms with van der Waals surface area (Å²) in [5, 5.41) is 14.5. The maximum absolute atomic E-state index is 13.5. The molecule has 1 amide bonds. The summed E-state index contributed by atoms with van der Waals surface area (Å²) in [5.74, 6) is 5.93. The predicted octanol–water partition coefficient (Wildman–Crippen LogP) is 4.17. The van der Waals surface area contributed by atoms with Crippen molar-refractivity contribution in [2.75, 3.05) is 12.1 Å². The molecule has 0 saturated heterocycles. The molecule has 5 rings (SSSR count). The lowest BCUT2D eigenvalue weighted by Gasteiger charge is -2.33. The molecular weight excluding hydrogens is 458 g/mol. The maximum atomic E-state index is 13.5. The first-order valence-corrected chi connectivity index (χ1v) is 11.6. The minimum atomic E-state index is -2.05. The number of esters is 1. The van der Waals surface area contributed by atoms with E-state index < -0.39 is 22.9 Å². The number of hydrogen-bond acceptors (Lipinski definition) is 6. The van der Waals surface area contributed by atoms with Crippen molar-refractivity contribution in [2.45, 2.75) is 37.9 Å². The van der Waals surface area contributed by atoms with Crippen LogP contribution >= 0.6 is 0 Å². The first-order chi connectivity index (χ1) is 17.2. The summed E-state index contributed by atoms with van der Waals surface area (Å²) >= 11 is 0. The lowest BCUT2D eigenvalue weighted by atomic mass is 9.74. The number of hydrogen-bond donors (Lipinski definition) is 2. The molecule has 1 unspecified atom stereocenters. The number of cyclic esters (lactones) is 1. The molecule has 1 atom stereocenters. The van der Waals surface area contributed by atoms with Crippen LogP contribution in [0.3, 0.4) is 0 Å². The van der Waals surface area contributed by atoms with Gasteiger partial charge in [0.05, 0.1) is 5.56 Å². The quantitative estimate of drug-likeness (QED) is 0.418. The summed E-state index contributed by atoms with van der Waals surface area (Å²) in [4.78, 5) is 25.3. The van der Waals surface area contributed by atoms with E-state index in [4.69, 9.17) is 14.2 Å². The van der Waals surface area contributed by atoms with Crippen LogP contribution in [0.15, 0.2) is 66.7 Å². The lowest BCUT2D eigenvalue weighted by molar-refractivity contribution is -0.130. The van der Waals surface area contributed by atoms with Crippen molar-refractivity contribution < 1.29 is 28.9 Å². The molecule has 0 fully saturated rings. The Labute approximate surface area is 209 Å². The average molecular weight is 484 g/mol. The Bertz CT molecular complexity index is 1400. The SMILES string of the molecule is CC(C)(CC(O)(C#Cc1ccccc1)C(=O)Nc1ccc2c(c1)COC2=O)c1cccc2c1OCO2. The number of aliphatic hydroxyl groups is 1. The summed E-state index contributed by atoms with van der Waals surface area (Å²) in [6.45, 7) is 4.10. The van der Waals surface area contributed by atoms with E-state index in [-0.39, 0.29) is 19.8 Å². The Kier molecular flexibility index (Phi) is 5.91. The Morgan fingerprint density at radius 2 is 1.83 bits per heavy atom. The maximum Gasteiger partial charge on any atom is 0.338 e. The minimum absolute atomic E-state index is 0.0159. The topological polar surface area (TPSA) is 94.1 Å². The van der Waals surface area contributed by atoms with Crippen molar-refractivity contribution in [3.63, 3.8) is 0 Å². The second-order valence-electron chi connectivity index (χ2n) is 9.48. The minimum Gasteiger partial charge on any atom is -0.457 e. The molecule has 2 heterocycles. The third kappa shape index (κ3) is 4.51. The zero-order chi connectivity index (χ0) is 25.3. The van der Waals surface area contributed by atoms with Gasteiger partial charge in [-0.05, 0) is 41.8 Å². The van der Waals surface area contributed by atoms with Gasteiger partial charge < -0.3 is 24.6 Å². The van der Waals surface area contributed by atoms with Crippen LogP contribution in [0.25, 0.3) is 0 Å². The molecule has 3 aromatic rings. The van der Waals surface area contributed by atoms with Crippen molar-refractivity contribution in [2.24, 2.45) is 0 Å². The fourth-order valence-electron chi connectivity index (χ4n) is 4.52. The Morgan fingerprint density at radius 1 is 1.03 bits per heavy atom. The highest BCUT2D eigenvalue weighted by molar-refractivity contribution is 6.01. The average Bonchev–Trinajstić information content (AvgIpc) is 3.49. The molecule has 3 aromatic carbocycles. The van der Waals surface area contributed by atoms with Gasteiger partial charge in [0.1, 0.15) is 6.61 Å². The van der Waals surface area contributed by atoms with E-state index in [2.05, 4.69) is 17.2 Å². The van der Waals surface area contributed by atoms with Crippen LogP contribution in [0.5, 0.6) is 11.5 Å². The van der Waals surface area contributed by atoms with E-state index in [1.165, 1.54) is 0 Å².